The molecule has 2 saturated carbocycles. The van der Waals surface area contributed by atoms with Crippen LogP contribution in [0.4, 0.5) is 0 Å². The third kappa shape index (κ3) is 3.13. The van der Waals surface area contributed by atoms with Gasteiger partial charge in [0.2, 0.25) is 5.91 Å². The van der Waals surface area contributed by atoms with Crippen LogP contribution in [-0.4, -0.2) is 31.9 Å². The van der Waals surface area contributed by atoms with Gasteiger partial charge in [0.25, 0.3) is 0 Å². The third-order valence-electron chi connectivity index (χ3n) is 6.27. The number of hydrogen-bond donors (Lipinski definition) is 1. The molecule has 0 aromatic carbocycles. The number of sulfone groups is 1. The van der Waals surface area contributed by atoms with Crippen LogP contribution in [-0.2, 0) is 14.6 Å². The van der Waals surface area contributed by atoms with E-state index in [9.17, 15) is 13.2 Å². The summed E-state index contributed by atoms with van der Waals surface area (Å²) in [6.45, 7) is 4.56. The van der Waals surface area contributed by atoms with Crippen LogP contribution in [0.2, 0.25) is 0 Å². The van der Waals surface area contributed by atoms with Gasteiger partial charge in [-0.1, -0.05) is 13.8 Å². The number of carbonyl (C=O) groups excluding carboxylic acids is 1. The average molecular weight is 313 g/mol. The molecule has 4 atom stereocenters. The molecule has 3 aliphatic rings. The number of nitrogens with one attached hydrogen (secondary N) is 1. The predicted octanol–water partition coefficient (Wildman–Crippen LogP) is 2.14. The standard InChI is InChI=1S/C16H27NO3S/c1-11-3-4-13(9-12(11)2)17-15(18)14-10-16(14)5-7-21(19,20)8-6-16/h11-14H,3-10H2,1-2H3,(H,17,18)/t11-,12-,13+,14+/m1/s1. The molecule has 1 heterocycles. The van der Waals surface area contributed by atoms with Gasteiger partial charge in [-0.3, -0.25) is 4.79 Å². The van der Waals surface area contributed by atoms with Gasteiger partial charge < -0.3 is 5.32 Å². The van der Waals surface area contributed by atoms with Crippen LogP contribution in [0.25, 0.3) is 0 Å². The van der Waals surface area contributed by atoms with E-state index in [1.54, 1.807) is 0 Å². The molecule has 2 aliphatic carbocycles. The van der Waals surface area contributed by atoms with Gasteiger partial charge in [-0.05, 0) is 55.8 Å². The molecule has 5 heteroatoms. The number of hydrogen-bond acceptors (Lipinski definition) is 3. The van der Waals surface area contributed by atoms with E-state index in [-0.39, 0.29) is 28.7 Å². The topological polar surface area (TPSA) is 63.2 Å². The van der Waals surface area contributed by atoms with Crippen molar-refractivity contribution in [2.45, 2.75) is 58.4 Å². The number of rotatable bonds is 2. The van der Waals surface area contributed by atoms with Gasteiger partial charge in [0.1, 0.15) is 9.84 Å². The normalized spacial score (nSPS) is 40.7. The van der Waals surface area contributed by atoms with E-state index < -0.39 is 9.84 Å². The lowest BCUT2D eigenvalue weighted by atomic mass is 9.79. The van der Waals surface area contributed by atoms with Crippen LogP contribution in [0.5, 0.6) is 0 Å². The molecule has 1 saturated heterocycles. The highest BCUT2D eigenvalue weighted by atomic mass is 32.2. The van der Waals surface area contributed by atoms with Crippen molar-refractivity contribution in [1.29, 1.82) is 0 Å². The van der Waals surface area contributed by atoms with E-state index in [4.69, 9.17) is 0 Å². The summed E-state index contributed by atoms with van der Waals surface area (Å²) >= 11 is 0. The Balaban J connectivity index is 1.52. The minimum absolute atomic E-state index is 0.0168. The highest BCUT2D eigenvalue weighted by Crippen LogP contribution is 2.59. The lowest BCUT2D eigenvalue weighted by molar-refractivity contribution is -0.124. The Hall–Kier alpha value is -0.580. The zero-order valence-corrected chi connectivity index (χ0v) is 13.9. The van der Waals surface area contributed by atoms with Crippen LogP contribution in [0.15, 0.2) is 0 Å². The first-order chi connectivity index (χ1) is 9.81. The zero-order valence-electron chi connectivity index (χ0n) is 13.1. The van der Waals surface area contributed by atoms with Crippen LogP contribution in [0.1, 0.15) is 52.4 Å². The number of amides is 1. The Morgan fingerprint density at radius 2 is 1.76 bits per heavy atom. The van der Waals surface area contributed by atoms with Crippen LogP contribution in [0.3, 0.4) is 0 Å². The lowest BCUT2D eigenvalue weighted by Gasteiger charge is -2.33. The molecule has 0 aromatic heterocycles. The molecular weight excluding hydrogens is 286 g/mol. The van der Waals surface area contributed by atoms with Gasteiger partial charge in [0.15, 0.2) is 0 Å². The molecule has 0 aromatic rings. The molecular formula is C16H27NO3S. The third-order valence-corrected chi connectivity index (χ3v) is 7.92. The Bertz CT molecular complexity index is 514. The maximum Gasteiger partial charge on any atom is 0.223 e. The Morgan fingerprint density at radius 3 is 2.38 bits per heavy atom. The Kier molecular flexibility index (Phi) is 3.83. The molecule has 3 rings (SSSR count). The van der Waals surface area contributed by atoms with E-state index in [2.05, 4.69) is 19.2 Å². The van der Waals surface area contributed by atoms with Crippen molar-refractivity contribution in [3.63, 3.8) is 0 Å². The van der Waals surface area contributed by atoms with Crippen LogP contribution >= 0.6 is 0 Å². The van der Waals surface area contributed by atoms with Crippen molar-refractivity contribution in [2.75, 3.05) is 11.5 Å². The lowest BCUT2D eigenvalue weighted by Crippen LogP contribution is -2.41. The van der Waals surface area contributed by atoms with Gasteiger partial charge in [0, 0.05) is 12.0 Å². The molecule has 1 spiro atoms. The van der Waals surface area contributed by atoms with E-state index in [0.717, 1.165) is 25.2 Å². The molecule has 3 fully saturated rings. The van der Waals surface area contributed by atoms with Gasteiger partial charge in [-0.15, -0.1) is 0 Å². The monoisotopic (exact) mass is 313 g/mol. The Morgan fingerprint density at radius 1 is 1.10 bits per heavy atom. The van der Waals surface area contributed by atoms with Crippen molar-refractivity contribution in [1.82, 2.24) is 5.32 Å². The molecule has 0 bridgehead atoms. The summed E-state index contributed by atoms with van der Waals surface area (Å²) in [5, 5.41) is 3.24. The quantitative estimate of drug-likeness (QED) is 0.849. The summed E-state index contributed by atoms with van der Waals surface area (Å²) in [5.74, 6) is 2.23. The second-order valence-electron chi connectivity index (χ2n) is 7.74. The second-order valence-corrected chi connectivity index (χ2v) is 10.0. The molecule has 0 radical (unpaired) electrons. The minimum Gasteiger partial charge on any atom is -0.353 e. The fraction of sp³-hybridized carbons (Fsp3) is 0.938. The fourth-order valence-electron chi connectivity index (χ4n) is 4.20. The number of carbonyl (C=O) groups is 1. The van der Waals surface area contributed by atoms with Crippen molar-refractivity contribution in [2.24, 2.45) is 23.2 Å². The molecule has 4 nitrogen and oxygen atoms in total. The van der Waals surface area contributed by atoms with Crippen molar-refractivity contribution in [3.8, 4) is 0 Å². The first-order valence-electron chi connectivity index (χ1n) is 8.32. The first kappa shape index (κ1) is 15.3. The maximum absolute atomic E-state index is 12.4. The van der Waals surface area contributed by atoms with Crippen LogP contribution < -0.4 is 5.32 Å². The first-order valence-corrected chi connectivity index (χ1v) is 10.1. The summed E-state index contributed by atoms with van der Waals surface area (Å²) < 4.78 is 23.1. The van der Waals surface area contributed by atoms with E-state index in [0.29, 0.717) is 24.8 Å². The molecule has 1 N–H and O–H groups in total. The van der Waals surface area contributed by atoms with Crippen molar-refractivity contribution < 1.29 is 13.2 Å². The van der Waals surface area contributed by atoms with Crippen LogP contribution in [0, 0.1) is 23.2 Å². The van der Waals surface area contributed by atoms with Gasteiger partial charge in [0.05, 0.1) is 11.5 Å². The highest BCUT2D eigenvalue weighted by Gasteiger charge is 2.59. The molecule has 120 valence electrons. The summed E-state index contributed by atoms with van der Waals surface area (Å²) in [6.07, 6.45) is 5.64. The minimum atomic E-state index is -2.84. The summed E-state index contributed by atoms with van der Waals surface area (Å²) in [7, 11) is -2.84. The average Bonchev–Trinajstić information content (AvgIpc) is 3.13. The largest absolute Gasteiger partial charge is 0.353 e. The summed E-state index contributed by atoms with van der Waals surface area (Å²) in [4.78, 5) is 12.4. The molecule has 1 aliphatic heterocycles. The van der Waals surface area contributed by atoms with Crippen molar-refractivity contribution >= 4 is 15.7 Å². The Labute approximate surface area is 128 Å². The highest BCUT2D eigenvalue weighted by molar-refractivity contribution is 7.91. The van der Waals surface area contributed by atoms with E-state index in [1.807, 2.05) is 0 Å². The smallest absolute Gasteiger partial charge is 0.223 e. The summed E-state index contributed by atoms with van der Waals surface area (Å²) in [5.41, 5.74) is 0.0168. The fourth-order valence-corrected chi connectivity index (χ4v) is 5.84. The van der Waals surface area contributed by atoms with E-state index >= 15 is 0 Å². The second kappa shape index (κ2) is 5.25. The predicted molar refractivity (Wildman–Crippen MR) is 82.5 cm³/mol. The zero-order chi connectivity index (χ0) is 15.3. The van der Waals surface area contributed by atoms with E-state index in [1.165, 1.54) is 6.42 Å². The molecule has 21 heavy (non-hydrogen) atoms. The SMILES string of the molecule is C[C@@H]1CC[C@H](NC(=O)[C@@H]2CC23CCS(=O)(=O)CC3)C[C@H]1C. The van der Waals surface area contributed by atoms with Gasteiger partial charge in [-0.25, -0.2) is 8.42 Å². The summed E-state index contributed by atoms with van der Waals surface area (Å²) in [6, 6.07) is 0.327. The molecule has 1 amide bonds. The van der Waals surface area contributed by atoms with Crippen molar-refractivity contribution in [3.05, 3.63) is 0 Å². The van der Waals surface area contributed by atoms with Gasteiger partial charge >= 0.3 is 0 Å². The molecule has 0 unspecified atom stereocenters. The maximum atomic E-state index is 12.4. The van der Waals surface area contributed by atoms with Gasteiger partial charge in [-0.2, -0.15) is 0 Å².